The fourth-order valence-electron chi connectivity index (χ4n) is 2.40. The molecule has 0 unspecified atom stereocenters. The zero-order valence-electron chi connectivity index (χ0n) is 15.3. The Bertz CT molecular complexity index is 961. The van der Waals surface area contributed by atoms with Gasteiger partial charge in [-0.05, 0) is 17.2 Å². The van der Waals surface area contributed by atoms with Crippen LogP contribution in [0.25, 0.3) is 11.1 Å². The third kappa shape index (κ3) is 4.46. The first kappa shape index (κ1) is 18.5. The molecule has 3 aromatic rings. The summed E-state index contributed by atoms with van der Waals surface area (Å²) in [7, 11) is 0. The number of amides is 1. The number of benzene rings is 1. The predicted molar refractivity (Wildman–Crippen MR) is 99.4 cm³/mol. The third-order valence-electron chi connectivity index (χ3n) is 3.93. The van der Waals surface area contributed by atoms with Crippen LogP contribution in [0.2, 0.25) is 0 Å². The number of hydrogen-bond donors (Lipinski definition) is 2. The van der Waals surface area contributed by atoms with Crippen molar-refractivity contribution in [2.24, 2.45) is 0 Å². The van der Waals surface area contributed by atoms with Gasteiger partial charge < -0.3 is 15.6 Å². The third-order valence-corrected chi connectivity index (χ3v) is 3.93. The van der Waals surface area contributed by atoms with Crippen LogP contribution in [0.4, 0.5) is 16.2 Å². The van der Waals surface area contributed by atoms with E-state index in [2.05, 4.69) is 20.4 Å². The van der Waals surface area contributed by atoms with Gasteiger partial charge in [0, 0.05) is 29.4 Å². The number of nitrogen functional groups attached to an aromatic ring is 1. The van der Waals surface area contributed by atoms with Gasteiger partial charge in [0.1, 0.15) is 11.6 Å². The highest BCUT2D eigenvalue weighted by Gasteiger charge is 2.20. The highest BCUT2D eigenvalue weighted by atomic mass is 19.1. The molecule has 2 heterocycles. The van der Waals surface area contributed by atoms with Crippen molar-refractivity contribution < 1.29 is 13.7 Å². The minimum atomic E-state index is -0.491. The molecule has 3 rings (SSSR count). The van der Waals surface area contributed by atoms with E-state index in [1.54, 1.807) is 18.2 Å². The van der Waals surface area contributed by atoms with Gasteiger partial charge in [0.2, 0.25) is 11.9 Å². The van der Waals surface area contributed by atoms with Gasteiger partial charge in [-0.15, -0.1) is 0 Å². The topological polar surface area (TPSA) is 107 Å². The number of nitrogens with two attached hydrogens (primary N) is 1. The summed E-state index contributed by atoms with van der Waals surface area (Å²) < 4.78 is 19.6. The lowest BCUT2D eigenvalue weighted by molar-refractivity contribution is -0.115. The zero-order chi connectivity index (χ0) is 19.6. The average Bonchev–Trinajstić information content (AvgIpc) is 3.06. The minimum absolute atomic E-state index is 0.123. The molecule has 3 N–H and O–H groups in total. The van der Waals surface area contributed by atoms with Crippen LogP contribution in [-0.2, 0) is 16.6 Å². The van der Waals surface area contributed by atoms with Crippen LogP contribution in [0.5, 0.6) is 0 Å². The van der Waals surface area contributed by atoms with Crippen molar-refractivity contribution in [2.45, 2.75) is 32.6 Å². The largest absolute Gasteiger partial charge is 0.368 e. The van der Waals surface area contributed by atoms with E-state index in [0.29, 0.717) is 22.7 Å². The Labute approximate surface area is 155 Å². The van der Waals surface area contributed by atoms with Gasteiger partial charge in [0.05, 0.1) is 6.42 Å². The molecule has 7 nitrogen and oxygen atoms in total. The van der Waals surface area contributed by atoms with E-state index in [4.69, 9.17) is 10.3 Å². The smallest absolute Gasteiger partial charge is 0.230 e. The van der Waals surface area contributed by atoms with Crippen LogP contribution in [0, 0.1) is 5.82 Å². The molecule has 0 atom stereocenters. The number of hydrogen-bond acceptors (Lipinski definition) is 6. The molecule has 0 aliphatic heterocycles. The van der Waals surface area contributed by atoms with Crippen LogP contribution in [-0.4, -0.2) is 21.0 Å². The molecule has 1 aromatic carbocycles. The molecule has 0 fully saturated rings. The lowest BCUT2D eigenvalue weighted by Gasteiger charge is -2.12. The van der Waals surface area contributed by atoms with Crippen molar-refractivity contribution in [2.75, 3.05) is 11.1 Å². The highest BCUT2D eigenvalue weighted by molar-refractivity contribution is 5.91. The van der Waals surface area contributed by atoms with Crippen molar-refractivity contribution >= 4 is 17.7 Å². The first-order chi connectivity index (χ1) is 12.7. The van der Waals surface area contributed by atoms with Crippen LogP contribution in [0.1, 0.15) is 32.1 Å². The van der Waals surface area contributed by atoms with Gasteiger partial charge in [0.15, 0.2) is 5.82 Å². The normalized spacial score (nSPS) is 11.4. The van der Waals surface area contributed by atoms with E-state index in [1.165, 1.54) is 18.5 Å². The fraction of sp³-hybridized carbons (Fsp3) is 0.263. The molecule has 0 aliphatic rings. The molecule has 1 amide bonds. The number of nitrogens with zero attached hydrogens (tertiary/aromatic N) is 3. The minimum Gasteiger partial charge on any atom is -0.368 e. The molecular formula is C19H20FN5O2. The molecule has 0 saturated heterocycles. The summed E-state index contributed by atoms with van der Waals surface area (Å²) in [5, 5.41) is 6.44. The molecular weight excluding hydrogens is 349 g/mol. The Morgan fingerprint density at radius 1 is 1.19 bits per heavy atom. The number of rotatable bonds is 4. The molecule has 0 saturated carbocycles. The Balaban J connectivity index is 1.69. The van der Waals surface area contributed by atoms with Crippen molar-refractivity contribution in [3.8, 4) is 11.1 Å². The average molecular weight is 369 g/mol. The van der Waals surface area contributed by atoms with Crippen LogP contribution < -0.4 is 11.1 Å². The first-order valence-electron chi connectivity index (χ1n) is 8.36. The second-order valence-electron chi connectivity index (χ2n) is 7.19. The summed E-state index contributed by atoms with van der Waals surface area (Å²) in [6.07, 6.45) is 2.91. The number of halogens is 1. The molecule has 27 heavy (non-hydrogen) atoms. The lowest BCUT2D eigenvalue weighted by atomic mass is 9.93. The van der Waals surface area contributed by atoms with E-state index in [9.17, 15) is 9.18 Å². The predicted octanol–water partition coefficient (Wildman–Crippen LogP) is 3.33. The Hall–Kier alpha value is -3.29. The van der Waals surface area contributed by atoms with E-state index in [0.717, 1.165) is 0 Å². The monoisotopic (exact) mass is 369 g/mol. The van der Waals surface area contributed by atoms with E-state index in [-0.39, 0.29) is 29.3 Å². The van der Waals surface area contributed by atoms with Gasteiger partial charge in [-0.2, -0.15) is 0 Å². The SMILES string of the molecule is CC(C)(C)c1cc(NC(=O)Cc2ccc(-c3cnc(N)nc3)cc2F)no1. The lowest BCUT2D eigenvalue weighted by Crippen LogP contribution is -2.15. The zero-order valence-corrected chi connectivity index (χ0v) is 15.3. The maximum atomic E-state index is 14.4. The molecule has 2 aromatic heterocycles. The quantitative estimate of drug-likeness (QED) is 0.730. The van der Waals surface area contributed by atoms with Crippen LogP contribution in [0.15, 0.2) is 41.2 Å². The molecule has 0 radical (unpaired) electrons. The molecule has 140 valence electrons. The summed E-state index contributed by atoms with van der Waals surface area (Å²) in [5.41, 5.74) is 6.74. The highest BCUT2D eigenvalue weighted by Crippen LogP contribution is 2.25. The van der Waals surface area contributed by atoms with E-state index < -0.39 is 5.82 Å². The Kier molecular flexibility index (Phi) is 4.89. The summed E-state index contributed by atoms with van der Waals surface area (Å²) >= 11 is 0. The molecule has 8 heteroatoms. The Morgan fingerprint density at radius 3 is 2.48 bits per heavy atom. The molecule has 0 spiro atoms. The maximum absolute atomic E-state index is 14.4. The summed E-state index contributed by atoms with van der Waals surface area (Å²) in [5.74, 6) is 0.233. The van der Waals surface area contributed by atoms with Crippen molar-refractivity contribution in [3.05, 3.63) is 53.8 Å². The first-order valence-corrected chi connectivity index (χ1v) is 8.36. The van der Waals surface area contributed by atoms with E-state index >= 15 is 0 Å². The maximum Gasteiger partial charge on any atom is 0.230 e. The van der Waals surface area contributed by atoms with Gasteiger partial charge >= 0.3 is 0 Å². The van der Waals surface area contributed by atoms with E-state index in [1.807, 2.05) is 20.8 Å². The summed E-state index contributed by atoms with van der Waals surface area (Å²) in [4.78, 5) is 20.0. The van der Waals surface area contributed by atoms with Crippen molar-refractivity contribution in [1.82, 2.24) is 15.1 Å². The van der Waals surface area contributed by atoms with Gasteiger partial charge in [0.25, 0.3) is 0 Å². The van der Waals surface area contributed by atoms with Crippen LogP contribution >= 0.6 is 0 Å². The van der Waals surface area contributed by atoms with Gasteiger partial charge in [-0.25, -0.2) is 14.4 Å². The number of nitrogens with one attached hydrogen (secondary N) is 1. The molecule has 0 bridgehead atoms. The molecule has 0 aliphatic carbocycles. The number of carbonyl (C=O) groups excluding carboxylic acids is 1. The summed E-state index contributed by atoms with van der Waals surface area (Å²) in [6, 6.07) is 6.27. The second kappa shape index (κ2) is 7.14. The standard InChI is InChI=1S/C19H20FN5O2/c1-19(2,3)15-8-16(25-27-15)24-17(26)7-12-5-4-11(6-14(12)20)13-9-22-18(21)23-10-13/h4-6,8-10H,7H2,1-3H3,(H2,21,22,23)(H,24,25,26). The van der Waals surface area contributed by atoms with Gasteiger partial charge in [-0.3, -0.25) is 4.79 Å². The van der Waals surface area contributed by atoms with Crippen molar-refractivity contribution in [3.63, 3.8) is 0 Å². The fourth-order valence-corrected chi connectivity index (χ4v) is 2.40. The van der Waals surface area contributed by atoms with Crippen LogP contribution in [0.3, 0.4) is 0 Å². The Morgan fingerprint density at radius 2 is 1.89 bits per heavy atom. The number of anilines is 2. The summed E-state index contributed by atoms with van der Waals surface area (Å²) in [6.45, 7) is 5.92. The second-order valence-corrected chi connectivity index (χ2v) is 7.19. The van der Waals surface area contributed by atoms with Crippen molar-refractivity contribution in [1.29, 1.82) is 0 Å². The van der Waals surface area contributed by atoms with Gasteiger partial charge in [-0.1, -0.05) is 38.1 Å². The number of aromatic nitrogens is 3. The number of carbonyl (C=O) groups is 1.